The minimum absolute atomic E-state index is 0.0461. The van der Waals surface area contributed by atoms with Crippen LogP contribution in [-0.4, -0.2) is 76.6 Å². The molecule has 35 heavy (non-hydrogen) atoms. The maximum Gasteiger partial charge on any atom is 0.322 e. The van der Waals surface area contributed by atoms with E-state index in [0.29, 0.717) is 50.3 Å². The average Bonchev–Trinajstić information content (AvgIpc) is 3.28. The smallest absolute Gasteiger partial charge is 0.322 e. The van der Waals surface area contributed by atoms with Crippen molar-refractivity contribution in [1.82, 2.24) is 14.5 Å². The van der Waals surface area contributed by atoms with Crippen LogP contribution in [0.5, 0.6) is 5.75 Å². The maximum absolute atomic E-state index is 13.0. The number of urea groups is 2. The Hall–Kier alpha value is -3.31. The van der Waals surface area contributed by atoms with Gasteiger partial charge in [-0.05, 0) is 55.2 Å². The molecule has 0 spiro atoms. The first kappa shape index (κ1) is 24.8. The van der Waals surface area contributed by atoms with Crippen molar-refractivity contribution in [2.75, 3.05) is 51.1 Å². The van der Waals surface area contributed by atoms with Gasteiger partial charge in [-0.25, -0.2) is 22.3 Å². The molecule has 2 aromatic rings. The molecule has 4 rings (SSSR count). The van der Waals surface area contributed by atoms with E-state index >= 15 is 0 Å². The number of hydrogen-bond donors (Lipinski definition) is 2. The molecular weight excluding hydrogens is 470 g/mol. The Balaban J connectivity index is 1.32. The predicted molar refractivity (Wildman–Crippen MR) is 134 cm³/mol. The van der Waals surface area contributed by atoms with Crippen LogP contribution in [0.25, 0.3) is 0 Å². The van der Waals surface area contributed by atoms with E-state index in [1.165, 1.54) is 18.4 Å². The first-order valence-corrected chi connectivity index (χ1v) is 13.0. The molecule has 10 nitrogen and oxygen atoms in total. The standard InChI is InChI=1S/C24H31N5O5S/c1-27(2)35(32,33)19-8-9-21-17(16-19)10-15-29(21)24(31)25-18-11-13-28(14-12-18)23(30)26-20-6-4-5-7-22(20)34-3/h4-9,16,18H,10-15H2,1-3H3,(H,25,31)(H,26,30). The summed E-state index contributed by atoms with van der Waals surface area (Å²) in [6.45, 7) is 1.54. The number of benzene rings is 2. The Kier molecular flexibility index (Phi) is 7.18. The summed E-state index contributed by atoms with van der Waals surface area (Å²) in [5.41, 5.74) is 2.18. The lowest BCUT2D eigenvalue weighted by Crippen LogP contribution is -2.50. The lowest BCUT2D eigenvalue weighted by atomic mass is 10.1. The van der Waals surface area contributed by atoms with Crippen molar-refractivity contribution < 1.29 is 22.7 Å². The SMILES string of the molecule is COc1ccccc1NC(=O)N1CCC(NC(=O)N2CCc3cc(S(=O)(=O)N(C)C)ccc32)CC1. The molecule has 0 bridgehead atoms. The Morgan fingerprint density at radius 1 is 1.03 bits per heavy atom. The average molecular weight is 502 g/mol. The highest BCUT2D eigenvalue weighted by atomic mass is 32.2. The Morgan fingerprint density at radius 2 is 1.74 bits per heavy atom. The van der Waals surface area contributed by atoms with Gasteiger partial charge in [0.1, 0.15) is 5.75 Å². The molecule has 1 fully saturated rings. The number of para-hydroxylation sites is 2. The number of carbonyl (C=O) groups is 2. The zero-order valence-corrected chi connectivity index (χ0v) is 21.0. The molecule has 2 aliphatic rings. The lowest BCUT2D eigenvalue weighted by molar-refractivity contribution is 0.188. The summed E-state index contributed by atoms with van der Waals surface area (Å²) in [6, 6.07) is 11.7. The summed E-state index contributed by atoms with van der Waals surface area (Å²) in [5.74, 6) is 0.598. The number of amides is 4. The van der Waals surface area contributed by atoms with Crippen LogP contribution in [0.2, 0.25) is 0 Å². The van der Waals surface area contributed by atoms with Crippen LogP contribution in [0.4, 0.5) is 21.0 Å². The van der Waals surface area contributed by atoms with Gasteiger partial charge in [0.05, 0.1) is 17.7 Å². The van der Waals surface area contributed by atoms with Crippen molar-refractivity contribution in [2.45, 2.75) is 30.2 Å². The van der Waals surface area contributed by atoms with Gasteiger partial charge in [0.15, 0.2) is 0 Å². The molecular formula is C24H31N5O5S. The topological polar surface area (TPSA) is 111 Å². The zero-order chi connectivity index (χ0) is 25.2. The first-order valence-electron chi connectivity index (χ1n) is 11.5. The second-order valence-electron chi connectivity index (χ2n) is 8.82. The van der Waals surface area contributed by atoms with E-state index in [-0.39, 0.29) is 23.0 Å². The molecule has 1 saturated heterocycles. The molecule has 2 heterocycles. The molecule has 0 unspecified atom stereocenters. The van der Waals surface area contributed by atoms with Crippen molar-refractivity contribution in [3.05, 3.63) is 48.0 Å². The van der Waals surface area contributed by atoms with Gasteiger partial charge in [-0.1, -0.05) is 12.1 Å². The van der Waals surface area contributed by atoms with Crippen LogP contribution in [0.1, 0.15) is 18.4 Å². The molecule has 2 N–H and O–H groups in total. The van der Waals surface area contributed by atoms with Crippen molar-refractivity contribution in [3.63, 3.8) is 0 Å². The van der Waals surface area contributed by atoms with Crippen LogP contribution >= 0.6 is 0 Å². The van der Waals surface area contributed by atoms with Crippen LogP contribution in [0.15, 0.2) is 47.4 Å². The monoisotopic (exact) mass is 501 g/mol. The van der Waals surface area contributed by atoms with Crippen LogP contribution < -0.4 is 20.3 Å². The Labute approximate surface area is 205 Å². The molecule has 188 valence electrons. The number of anilines is 2. The van der Waals surface area contributed by atoms with E-state index in [2.05, 4.69) is 10.6 Å². The lowest BCUT2D eigenvalue weighted by Gasteiger charge is -2.33. The third-order valence-corrected chi connectivity index (χ3v) is 8.24. The number of nitrogens with zero attached hydrogens (tertiary/aromatic N) is 3. The fourth-order valence-electron chi connectivity index (χ4n) is 4.38. The highest BCUT2D eigenvalue weighted by Gasteiger charge is 2.30. The summed E-state index contributed by atoms with van der Waals surface area (Å²) in [4.78, 5) is 29.3. The number of hydrogen-bond acceptors (Lipinski definition) is 5. The minimum atomic E-state index is -3.53. The molecule has 0 atom stereocenters. The largest absolute Gasteiger partial charge is 0.495 e. The zero-order valence-electron chi connectivity index (χ0n) is 20.2. The molecule has 11 heteroatoms. The van der Waals surface area contributed by atoms with Crippen LogP contribution in [-0.2, 0) is 16.4 Å². The van der Waals surface area contributed by atoms with E-state index in [0.717, 1.165) is 11.3 Å². The van der Waals surface area contributed by atoms with Crippen molar-refractivity contribution in [2.24, 2.45) is 0 Å². The predicted octanol–water partition coefficient (Wildman–Crippen LogP) is 2.71. The van der Waals surface area contributed by atoms with Gasteiger partial charge in [-0.2, -0.15) is 0 Å². The number of piperidine rings is 1. The number of sulfonamides is 1. The van der Waals surface area contributed by atoms with E-state index < -0.39 is 10.0 Å². The van der Waals surface area contributed by atoms with Crippen LogP contribution in [0.3, 0.4) is 0 Å². The van der Waals surface area contributed by atoms with Gasteiger partial charge >= 0.3 is 12.1 Å². The summed E-state index contributed by atoms with van der Waals surface area (Å²) in [7, 11) is 1.02. The van der Waals surface area contributed by atoms with Gasteiger partial charge in [0.25, 0.3) is 0 Å². The molecule has 0 saturated carbocycles. The highest BCUT2D eigenvalue weighted by Crippen LogP contribution is 2.31. The summed E-state index contributed by atoms with van der Waals surface area (Å²) in [6.07, 6.45) is 1.89. The highest BCUT2D eigenvalue weighted by molar-refractivity contribution is 7.89. The number of ether oxygens (including phenoxy) is 1. The number of carbonyl (C=O) groups excluding carboxylic acids is 2. The van der Waals surface area contributed by atoms with E-state index in [1.807, 2.05) is 12.1 Å². The van der Waals surface area contributed by atoms with E-state index in [1.54, 1.807) is 47.2 Å². The molecule has 0 aromatic heterocycles. The normalized spacial score (nSPS) is 16.2. The molecule has 4 amide bonds. The van der Waals surface area contributed by atoms with Crippen molar-refractivity contribution >= 4 is 33.5 Å². The third kappa shape index (κ3) is 5.20. The van der Waals surface area contributed by atoms with Gasteiger partial charge in [0.2, 0.25) is 10.0 Å². The fraction of sp³-hybridized carbons (Fsp3) is 0.417. The van der Waals surface area contributed by atoms with Crippen molar-refractivity contribution in [3.8, 4) is 5.75 Å². The fourth-order valence-corrected chi connectivity index (χ4v) is 5.33. The summed E-state index contributed by atoms with van der Waals surface area (Å²) >= 11 is 0. The number of methoxy groups -OCH3 is 1. The number of likely N-dealkylation sites (tertiary alicyclic amines) is 1. The number of fused-ring (bicyclic) bond motifs is 1. The molecule has 2 aromatic carbocycles. The first-order chi connectivity index (χ1) is 16.7. The second kappa shape index (κ2) is 10.1. The molecule has 0 radical (unpaired) electrons. The molecule has 0 aliphatic carbocycles. The van der Waals surface area contributed by atoms with Gasteiger partial charge < -0.3 is 20.3 Å². The van der Waals surface area contributed by atoms with E-state index in [4.69, 9.17) is 4.74 Å². The van der Waals surface area contributed by atoms with E-state index in [9.17, 15) is 18.0 Å². The van der Waals surface area contributed by atoms with Crippen molar-refractivity contribution in [1.29, 1.82) is 0 Å². The summed E-state index contributed by atoms with van der Waals surface area (Å²) in [5, 5.41) is 5.96. The Morgan fingerprint density at radius 3 is 2.43 bits per heavy atom. The number of rotatable bonds is 5. The minimum Gasteiger partial charge on any atom is -0.495 e. The number of nitrogens with one attached hydrogen (secondary N) is 2. The quantitative estimate of drug-likeness (QED) is 0.655. The summed E-state index contributed by atoms with van der Waals surface area (Å²) < 4.78 is 31.3. The maximum atomic E-state index is 13.0. The van der Waals surface area contributed by atoms with Crippen LogP contribution in [0, 0.1) is 0 Å². The van der Waals surface area contributed by atoms with Gasteiger partial charge in [0, 0.05) is 45.5 Å². The van der Waals surface area contributed by atoms with Gasteiger partial charge in [-0.15, -0.1) is 0 Å². The third-order valence-electron chi connectivity index (χ3n) is 6.43. The molecule has 2 aliphatic heterocycles. The van der Waals surface area contributed by atoms with Gasteiger partial charge in [-0.3, -0.25) is 4.90 Å². The Bertz CT molecular complexity index is 1210. The second-order valence-corrected chi connectivity index (χ2v) is 11.0.